The topological polar surface area (TPSA) is 110 Å². The van der Waals surface area contributed by atoms with Crippen molar-refractivity contribution in [2.75, 3.05) is 5.32 Å². The highest BCUT2D eigenvalue weighted by Crippen LogP contribution is 2.57. The van der Waals surface area contributed by atoms with Crippen LogP contribution < -0.4 is 5.32 Å². The van der Waals surface area contributed by atoms with Crippen LogP contribution in [0.1, 0.15) is 84.9 Å². The molecule has 1 saturated heterocycles. The van der Waals surface area contributed by atoms with Crippen LogP contribution in [0.25, 0.3) is 22.0 Å². The number of carbonyl (C=O) groups excluding carboxylic acids is 3. The van der Waals surface area contributed by atoms with Crippen LogP contribution in [0, 0.1) is 19.3 Å². The number of fused-ring (bicyclic) bond motifs is 2. The molecule has 9 nitrogen and oxygen atoms in total. The van der Waals surface area contributed by atoms with Crippen molar-refractivity contribution in [2.45, 2.75) is 90.5 Å². The van der Waals surface area contributed by atoms with Crippen molar-refractivity contribution in [3.63, 3.8) is 0 Å². The number of alkyl halides is 3. The molecule has 4 heterocycles. The summed E-state index contributed by atoms with van der Waals surface area (Å²) in [5.74, 6) is -0.369. The summed E-state index contributed by atoms with van der Waals surface area (Å²) in [6.07, 6.45) is 3.96. The first-order valence-corrected chi connectivity index (χ1v) is 15.9. The Balaban J connectivity index is 1.20. The third-order valence-electron chi connectivity index (χ3n) is 9.99. The van der Waals surface area contributed by atoms with E-state index in [0.29, 0.717) is 28.8 Å². The number of aryl methyl sites for hydroxylation is 2. The van der Waals surface area contributed by atoms with E-state index >= 15 is 0 Å². The quantitative estimate of drug-likeness (QED) is 0.227. The summed E-state index contributed by atoms with van der Waals surface area (Å²) >= 11 is 0. The number of hydrogen-bond acceptors (Lipinski definition) is 6. The van der Waals surface area contributed by atoms with Crippen molar-refractivity contribution in [1.29, 1.82) is 0 Å². The lowest BCUT2D eigenvalue weighted by atomic mass is 9.92. The summed E-state index contributed by atoms with van der Waals surface area (Å²) in [6.45, 7) is 7.18. The fraction of sp³-hybridized carbons (Fsp3) is 0.429. The van der Waals surface area contributed by atoms with Gasteiger partial charge in [0.2, 0.25) is 11.8 Å². The van der Waals surface area contributed by atoms with Crippen molar-refractivity contribution in [2.24, 2.45) is 5.41 Å². The molecular formula is C35H35F3N6O3. The highest BCUT2D eigenvalue weighted by molar-refractivity contribution is 6.09. The molecule has 0 unspecified atom stereocenters. The van der Waals surface area contributed by atoms with Crippen LogP contribution in [0.15, 0.2) is 42.9 Å². The number of carbonyl (C=O) groups is 3. The zero-order chi connectivity index (χ0) is 33.4. The minimum atomic E-state index is -4.66. The van der Waals surface area contributed by atoms with E-state index in [2.05, 4.69) is 27.2 Å². The molecule has 7 rings (SSSR count). The van der Waals surface area contributed by atoms with Crippen LogP contribution in [-0.4, -0.2) is 54.1 Å². The second kappa shape index (κ2) is 11.0. The SMILES string of the molecule is CC(=O)c1cn(CC(=O)N2[C@H](C(=O)Nc3nc(C(F)(F)F)ccc3C3CC3)CC[C@@]3(C)C[C@@H]23)c2c(C)cc(-c3cnc(C)nc3)cc12. The number of nitrogens with zero attached hydrogens (tertiary/aromatic N) is 5. The standard InChI is InChI=1S/C35H35F3N6O3/c1-18-11-22(23-14-39-20(3)40-15-23)12-25-26(19(2)45)16-43(31(18)25)17-30(46)44-27(9-10-34(4)13-29(34)44)33(47)42-32-24(21-5-6-21)7-8-28(41-32)35(36,37)38/h7-8,11-12,14-16,21,27,29H,5-6,9-10,13,17H2,1-4H3,(H,41,42,47)/t27-,29+,34-/m0/s1. The van der Waals surface area contributed by atoms with Crippen LogP contribution in [0.3, 0.4) is 0 Å². The minimum absolute atomic E-state index is 0.0516. The van der Waals surface area contributed by atoms with Gasteiger partial charge < -0.3 is 14.8 Å². The van der Waals surface area contributed by atoms with Gasteiger partial charge in [-0.05, 0) is 99.1 Å². The van der Waals surface area contributed by atoms with E-state index in [-0.39, 0.29) is 41.4 Å². The van der Waals surface area contributed by atoms with E-state index in [1.165, 1.54) is 13.0 Å². The summed E-state index contributed by atoms with van der Waals surface area (Å²) in [4.78, 5) is 54.8. The fourth-order valence-electron chi connectivity index (χ4n) is 7.16. The lowest BCUT2D eigenvalue weighted by molar-refractivity contribution is -0.142. The van der Waals surface area contributed by atoms with Gasteiger partial charge in [0.15, 0.2) is 5.78 Å². The average Bonchev–Trinajstić information content (AvgIpc) is 3.93. The molecule has 4 aromatic rings. The maximum atomic E-state index is 14.2. The van der Waals surface area contributed by atoms with Crippen LogP contribution in [-0.2, 0) is 22.3 Å². The molecule has 0 radical (unpaired) electrons. The molecule has 1 aromatic carbocycles. The number of amides is 2. The molecule has 2 aliphatic carbocycles. The molecule has 0 spiro atoms. The lowest BCUT2D eigenvalue weighted by Crippen LogP contribution is -2.53. The maximum absolute atomic E-state index is 14.2. The first-order chi connectivity index (χ1) is 22.2. The zero-order valence-corrected chi connectivity index (χ0v) is 26.6. The molecule has 2 saturated carbocycles. The lowest BCUT2D eigenvalue weighted by Gasteiger charge is -2.37. The molecule has 47 heavy (non-hydrogen) atoms. The number of ketones is 1. The smallest absolute Gasteiger partial charge is 0.337 e. The molecular weight excluding hydrogens is 609 g/mol. The molecule has 3 aliphatic rings. The molecule has 3 fully saturated rings. The minimum Gasteiger partial charge on any atom is -0.337 e. The number of Topliss-reactive ketones (excluding diaryl/α,β-unsaturated/α-hetero) is 1. The third kappa shape index (κ3) is 5.67. The maximum Gasteiger partial charge on any atom is 0.433 e. The number of anilines is 1. The van der Waals surface area contributed by atoms with Gasteiger partial charge in [-0.3, -0.25) is 14.4 Å². The number of pyridine rings is 1. The Morgan fingerprint density at radius 2 is 1.77 bits per heavy atom. The second-order valence-electron chi connectivity index (χ2n) is 13.6. The van der Waals surface area contributed by atoms with Crippen molar-refractivity contribution in [1.82, 2.24) is 24.4 Å². The van der Waals surface area contributed by atoms with Gasteiger partial charge in [-0.1, -0.05) is 13.0 Å². The van der Waals surface area contributed by atoms with Crippen LogP contribution in [0.5, 0.6) is 0 Å². The fourth-order valence-corrected chi connectivity index (χ4v) is 7.16. The summed E-state index contributed by atoms with van der Waals surface area (Å²) in [5.41, 5.74) is 3.09. The number of hydrogen-bond donors (Lipinski definition) is 1. The Morgan fingerprint density at radius 3 is 2.43 bits per heavy atom. The number of halogens is 3. The Morgan fingerprint density at radius 1 is 1.04 bits per heavy atom. The van der Waals surface area contributed by atoms with E-state index in [1.807, 2.05) is 19.1 Å². The molecule has 1 N–H and O–H groups in total. The monoisotopic (exact) mass is 644 g/mol. The van der Waals surface area contributed by atoms with Crippen LogP contribution in [0.2, 0.25) is 0 Å². The first kappa shape index (κ1) is 31.0. The number of piperidine rings is 1. The Kier molecular flexibility index (Phi) is 7.25. The van der Waals surface area contributed by atoms with Gasteiger partial charge in [0, 0.05) is 41.1 Å². The van der Waals surface area contributed by atoms with Gasteiger partial charge in [0.25, 0.3) is 0 Å². The molecule has 244 valence electrons. The number of rotatable bonds is 7. The average molecular weight is 645 g/mol. The normalized spacial score (nSPS) is 22.2. The largest absolute Gasteiger partial charge is 0.433 e. The molecule has 12 heteroatoms. The summed E-state index contributed by atoms with van der Waals surface area (Å²) in [6, 6.07) is 5.19. The highest BCUT2D eigenvalue weighted by atomic mass is 19.4. The summed E-state index contributed by atoms with van der Waals surface area (Å²) in [7, 11) is 0. The predicted molar refractivity (Wildman–Crippen MR) is 169 cm³/mol. The number of likely N-dealkylation sites (tertiary alicyclic amines) is 1. The van der Waals surface area contributed by atoms with Gasteiger partial charge in [-0.25, -0.2) is 15.0 Å². The number of aromatic nitrogens is 4. The Hall–Kier alpha value is -4.61. The predicted octanol–water partition coefficient (Wildman–Crippen LogP) is 6.62. The third-order valence-corrected chi connectivity index (χ3v) is 9.99. The van der Waals surface area contributed by atoms with Crippen molar-refractivity contribution < 1.29 is 27.6 Å². The van der Waals surface area contributed by atoms with Crippen molar-refractivity contribution in [3.8, 4) is 11.1 Å². The van der Waals surface area contributed by atoms with Crippen molar-refractivity contribution >= 4 is 34.3 Å². The number of benzene rings is 1. The summed E-state index contributed by atoms with van der Waals surface area (Å²) in [5, 5.41) is 3.39. The van der Waals surface area contributed by atoms with Gasteiger partial charge in [0.1, 0.15) is 29.9 Å². The zero-order valence-electron chi connectivity index (χ0n) is 26.6. The van der Waals surface area contributed by atoms with Gasteiger partial charge in [-0.2, -0.15) is 13.2 Å². The van der Waals surface area contributed by atoms with Crippen LogP contribution >= 0.6 is 0 Å². The van der Waals surface area contributed by atoms with Gasteiger partial charge in [-0.15, -0.1) is 0 Å². The van der Waals surface area contributed by atoms with Gasteiger partial charge >= 0.3 is 6.18 Å². The van der Waals surface area contributed by atoms with E-state index in [0.717, 1.165) is 54.0 Å². The molecule has 1 aliphatic heterocycles. The molecule has 0 bridgehead atoms. The second-order valence-corrected chi connectivity index (χ2v) is 13.6. The van der Waals surface area contributed by atoms with E-state index in [1.54, 1.807) is 35.0 Å². The van der Waals surface area contributed by atoms with Crippen molar-refractivity contribution in [3.05, 3.63) is 71.1 Å². The number of nitrogens with one attached hydrogen (secondary N) is 1. The Labute approximate surface area is 269 Å². The van der Waals surface area contributed by atoms with Crippen LogP contribution in [0.4, 0.5) is 19.0 Å². The van der Waals surface area contributed by atoms with E-state index in [9.17, 15) is 27.6 Å². The van der Waals surface area contributed by atoms with Gasteiger partial charge in [0.05, 0.1) is 5.52 Å². The first-order valence-electron chi connectivity index (χ1n) is 15.9. The van der Waals surface area contributed by atoms with E-state index < -0.39 is 23.8 Å². The molecule has 2 amide bonds. The van der Waals surface area contributed by atoms with E-state index in [4.69, 9.17) is 0 Å². The summed E-state index contributed by atoms with van der Waals surface area (Å²) < 4.78 is 42.4. The highest BCUT2D eigenvalue weighted by Gasteiger charge is 2.60. The molecule has 3 aromatic heterocycles. The molecule has 3 atom stereocenters. The Bertz CT molecular complexity index is 1950.